The normalized spacial score (nSPS) is 20.2. The van der Waals surface area contributed by atoms with Crippen LogP contribution in [0.3, 0.4) is 0 Å². The summed E-state index contributed by atoms with van der Waals surface area (Å²) in [7, 11) is 0. The van der Waals surface area contributed by atoms with E-state index in [-0.39, 0.29) is 5.91 Å². The van der Waals surface area contributed by atoms with Gasteiger partial charge in [-0.2, -0.15) is 0 Å². The number of carbonyl (C=O) groups excluding carboxylic acids is 1. The van der Waals surface area contributed by atoms with E-state index >= 15 is 0 Å². The second-order valence-electron chi connectivity index (χ2n) is 9.65. The number of rotatable bonds is 8. The van der Waals surface area contributed by atoms with Crippen molar-refractivity contribution in [2.24, 2.45) is 0 Å². The molecule has 1 aromatic heterocycles. The van der Waals surface area contributed by atoms with Crippen LogP contribution in [0.5, 0.6) is 0 Å². The first-order chi connectivity index (χ1) is 17.0. The zero-order chi connectivity index (χ0) is 24.8. The number of piperazine rings is 1. The van der Waals surface area contributed by atoms with Gasteiger partial charge in [0.1, 0.15) is 5.82 Å². The van der Waals surface area contributed by atoms with E-state index in [1.54, 1.807) is 12.3 Å². The Labute approximate surface area is 228 Å². The fourth-order valence-electron chi connectivity index (χ4n) is 5.44. The number of piperidine rings is 1. The first-order valence-electron chi connectivity index (χ1n) is 12.9. The van der Waals surface area contributed by atoms with E-state index < -0.39 is 0 Å². The molecule has 0 spiro atoms. The van der Waals surface area contributed by atoms with Crippen molar-refractivity contribution >= 4 is 45.9 Å². The van der Waals surface area contributed by atoms with Crippen LogP contribution in [-0.4, -0.2) is 72.0 Å². The summed E-state index contributed by atoms with van der Waals surface area (Å²) in [4.78, 5) is 24.4. The summed E-state index contributed by atoms with van der Waals surface area (Å²) in [6.45, 7) is 11.0. The van der Waals surface area contributed by atoms with Crippen molar-refractivity contribution in [2.75, 3.05) is 44.2 Å². The highest BCUT2D eigenvalue weighted by molar-refractivity contribution is 14.1. The molecule has 0 bridgehead atoms. The number of likely N-dealkylation sites (tertiary alicyclic amines) is 1. The van der Waals surface area contributed by atoms with Crippen LogP contribution < -0.4 is 10.2 Å². The van der Waals surface area contributed by atoms with Gasteiger partial charge in [0, 0.05) is 54.6 Å². The van der Waals surface area contributed by atoms with Crippen LogP contribution in [0.2, 0.25) is 5.02 Å². The van der Waals surface area contributed by atoms with Gasteiger partial charge in [-0.15, -0.1) is 0 Å². The molecule has 2 aromatic rings. The lowest BCUT2D eigenvalue weighted by atomic mass is 9.97. The van der Waals surface area contributed by atoms with E-state index in [0.29, 0.717) is 29.2 Å². The molecule has 6 nitrogen and oxygen atoms in total. The molecular formula is C27H37ClIN5O. The molecule has 8 heteroatoms. The molecule has 35 heavy (non-hydrogen) atoms. The minimum atomic E-state index is -0.129. The first kappa shape index (κ1) is 26.6. The minimum Gasteiger partial charge on any atom is -0.353 e. The summed E-state index contributed by atoms with van der Waals surface area (Å²) in [5.41, 5.74) is 1.92. The van der Waals surface area contributed by atoms with Gasteiger partial charge in [0.25, 0.3) is 5.91 Å². The summed E-state index contributed by atoms with van der Waals surface area (Å²) < 4.78 is 1.29. The standard InChI is InChI=1S/C27H37ClIN5O/c1-3-5-24-19-33(26-25(28)16-21(17-31-26)27(35)30-4-2)14-15-34(24)23-10-12-32(13-11-23)18-20-6-8-22(29)9-7-20/h6-9,16-17,23-24H,3-5,10-15,18-19H2,1-2H3,(H,30,35)/t24-/m0/s1. The van der Waals surface area contributed by atoms with E-state index in [0.717, 1.165) is 51.5 Å². The number of nitrogens with one attached hydrogen (secondary N) is 1. The number of carbonyl (C=O) groups is 1. The van der Waals surface area contributed by atoms with Crippen molar-refractivity contribution in [3.63, 3.8) is 0 Å². The van der Waals surface area contributed by atoms with Gasteiger partial charge in [-0.1, -0.05) is 37.1 Å². The van der Waals surface area contributed by atoms with E-state index in [1.807, 2.05) is 6.92 Å². The zero-order valence-electron chi connectivity index (χ0n) is 20.9. The number of pyridine rings is 1. The average molecular weight is 610 g/mol. The molecular weight excluding hydrogens is 573 g/mol. The molecule has 0 aliphatic carbocycles. The summed E-state index contributed by atoms with van der Waals surface area (Å²) in [6, 6.07) is 11.8. The fourth-order valence-corrected chi connectivity index (χ4v) is 6.09. The Hall–Kier alpha value is -1.42. The number of anilines is 1. The Balaban J connectivity index is 1.36. The maximum absolute atomic E-state index is 12.1. The third-order valence-corrected chi connectivity index (χ3v) is 8.21. The van der Waals surface area contributed by atoms with Gasteiger partial charge in [0.05, 0.1) is 10.6 Å². The van der Waals surface area contributed by atoms with Crippen LogP contribution in [0.4, 0.5) is 5.82 Å². The Morgan fingerprint density at radius 2 is 1.89 bits per heavy atom. The lowest BCUT2D eigenvalue weighted by molar-refractivity contribution is 0.0589. The maximum Gasteiger partial charge on any atom is 0.252 e. The molecule has 1 N–H and O–H groups in total. The minimum absolute atomic E-state index is 0.129. The second-order valence-corrected chi connectivity index (χ2v) is 11.3. The van der Waals surface area contributed by atoms with Crippen molar-refractivity contribution in [3.8, 4) is 0 Å². The molecule has 2 aliphatic heterocycles. The Bertz CT molecular complexity index is 980. The molecule has 0 unspecified atom stereocenters. The Morgan fingerprint density at radius 3 is 2.54 bits per heavy atom. The smallest absolute Gasteiger partial charge is 0.252 e. The first-order valence-corrected chi connectivity index (χ1v) is 14.3. The Kier molecular flexibility index (Phi) is 9.67. The molecule has 2 fully saturated rings. The molecule has 1 aromatic carbocycles. The second kappa shape index (κ2) is 12.7. The molecule has 0 saturated carbocycles. The van der Waals surface area contributed by atoms with Crippen LogP contribution in [-0.2, 0) is 6.54 Å². The number of benzene rings is 1. The van der Waals surface area contributed by atoms with Gasteiger partial charge >= 0.3 is 0 Å². The number of aromatic nitrogens is 1. The number of hydrogen-bond acceptors (Lipinski definition) is 5. The van der Waals surface area contributed by atoms with Crippen LogP contribution in [0.25, 0.3) is 0 Å². The van der Waals surface area contributed by atoms with Crippen molar-refractivity contribution in [1.82, 2.24) is 20.1 Å². The van der Waals surface area contributed by atoms with Crippen LogP contribution in [0.15, 0.2) is 36.5 Å². The predicted molar refractivity (Wildman–Crippen MR) is 152 cm³/mol. The van der Waals surface area contributed by atoms with Crippen LogP contribution >= 0.6 is 34.2 Å². The quantitative estimate of drug-likeness (QED) is 0.425. The molecule has 1 atom stereocenters. The van der Waals surface area contributed by atoms with Crippen molar-refractivity contribution in [1.29, 1.82) is 0 Å². The van der Waals surface area contributed by atoms with E-state index in [4.69, 9.17) is 11.6 Å². The summed E-state index contributed by atoms with van der Waals surface area (Å²) in [5, 5.41) is 3.37. The third-order valence-electron chi connectivity index (χ3n) is 7.22. The highest BCUT2D eigenvalue weighted by Gasteiger charge is 2.34. The monoisotopic (exact) mass is 609 g/mol. The highest BCUT2D eigenvalue weighted by Crippen LogP contribution is 2.30. The van der Waals surface area contributed by atoms with E-state index in [1.165, 1.54) is 28.4 Å². The summed E-state index contributed by atoms with van der Waals surface area (Å²) in [6.07, 6.45) is 6.44. The fraction of sp³-hybridized carbons (Fsp3) is 0.556. The van der Waals surface area contributed by atoms with Crippen molar-refractivity contribution < 1.29 is 4.79 Å². The molecule has 3 heterocycles. The van der Waals surface area contributed by atoms with E-state index in [9.17, 15) is 4.79 Å². The lowest BCUT2D eigenvalue weighted by Gasteiger charge is -2.48. The number of halogens is 2. The maximum atomic E-state index is 12.1. The van der Waals surface area contributed by atoms with Gasteiger partial charge in [-0.25, -0.2) is 4.98 Å². The molecule has 2 saturated heterocycles. The largest absolute Gasteiger partial charge is 0.353 e. The average Bonchev–Trinajstić information content (AvgIpc) is 2.86. The summed E-state index contributed by atoms with van der Waals surface area (Å²) >= 11 is 8.97. The van der Waals surface area contributed by atoms with Crippen molar-refractivity contribution in [3.05, 3.63) is 56.2 Å². The van der Waals surface area contributed by atoms with Gasteiger partial charge in [0.15, 0.2) is 0 Å². The zero-order valence-corrected chi connectivity index (χ0v) is 23.8. The number of hydrogen-bond donors (Lipinski definition) is 1. The van der Waals surface area contributed by atoms with E-state index in [2.05, 4.69) is 78.8 Å². The van der Waals surface area contributed by atoms with Crippen LogP contribution in [0.1, 0.15) is 55.5 Å². The number of amides is 1. The molecule has 190 valence electrons. The Morgan fingerprint density at radius 1 is 1.14 bits per heavy atom. The SMILES string of the molecule is CCC[C@H]1CN(c2ncc(C(=O)NCC)cc2Cl)CCN1C1CCN(Cc2ccc(I)cc2)CC1. The molecule has 1 amide bonds. The topological polar surface area (TPSA) is 51.7 Å². The summed E-state index contributed by atoms with van der Waals surface area (Å²) in [5.74, 6) is 0.670. The van der Waals surface area contributed by atoms with Crippen LogP contribution in [0, 0.1) is 3.57 Å². The number of nitrogens with zero attached hydrogens (tertiary/aromatic N) is 4. The van der Waals surface area contributed by atoms with Gasteiger partial charge < -0.3 is 10.2 Å². The van der Waals surface area contributed by atoms with Crippen molar-refractivity contribution in [2.45, 2.75) is 58.2 Å². The third kappa shape index (κ3) is 6.87. The van der Waals surface area contributed by atoms with Gasteiger partial charge in [-0.3, -0.25) is 14.6 Å². The molecule has 4 rings (SSSR count). The van der Waals surface area contributed by atoms with Gasteiger partial charge in [0.2, 0.25) is 0 Å². The molecule has 0 radical (unpaired) electrons. The molecule has 2 aliphatic rings. The predicted octanol–water partition coefficient (Wildman–Crippen LogP) is 5.04. The highest BCUT2D eigenvalue weighted by atomic mass is 127. The lowest BCUT2D eigenvalue weighted by Crippen LogP contribution is -2.58. The van der Waals surface area contributed by atoms with Gasteiger partial charge in [-0.05, 0) is 85.6 Å².